The Kier molecular flexibility index (Phi) is 5.69. The van der Waals surface area contributed by atoms with Crippen LogP contribution in [0.3, 0.4) is 0 Å². The summed E-state index contributed by atoms with van der Waals surface area (Å²) in [6, 6.07) is 0. The largest absolute Gasteiger partial charge is 0.300 e. The summed E-state index contributed by atoms with van der Waals surface area (Å²) in [4.78, 5) is 19.0. The van der Waals surface area contributed by atoms with E-state index >= 15 is 0 Å². The lowest BCUT2D eigenvalue weighted by Gasteiger charge is -2.05. The molecule has 0 aromatic rings. The molecular formula is C8H12O2. The fraction of sp³-hybridized carbons (Fsp3) is 0.625. The molecular weight excluding hydrogens is 128 g/mol. The van der Waals surface area contributed by atoms with E-state index in [4.69, 9.17) is 4.79 Å². The Morgan fingerprint density at radius 2 is 1.60 bits per heavy atom. The minimum Gasteiger partial charge on any atom is -0.300 e. The highest BCUT2D eigenvalue weighted by Gasteiger charge is 2.05. The van der Waals surface area contributed by atoms with Crippen LogP contribution < -0.4 is 0 Å². The van der Waals surface area contributed by atoms with Crippen LogP contribution in [0.4, 0.5) is 0 Å². The van der Waals surface area contributed by atoms with Gasteiger partial charge in [0.1, 0.15) is 11.7 Å². The highest BCUT2D eigenvalue weighted by Crippen LogP contribution is 2.12. The van der Waals surface area contributed by atoms with Crippen molar-refractivity contribution in [1.82, 2.24) is 0 Å². The first-order valence-corrected chi connectivity index (χ1v) is 3.47. The molecule has 0 aliphatic heterocycles. The van der Waals surface area contributed by atoms with Crippen LogP contribution in [0, 0.1) is 0 Å². The van der Waals surface area contributed by atoms with Crippen molar-refractivity contribution in [3.05, 3.63) is 6.58 Å². The van der Waals surface area contributed by atoms with Gasteiger partial charge >= 0.3 is 0 Å². The van der Waals surface area contributed by atoms with E-state index in [1.165, 1.54) is 12.4 Å². The fourth-order valence-electron chi connectivity index (χ4n) is 0.946. The van der Waals surface area contributed by atoms with Crippen LogP contribution in [0.15, 0.2) is 6.58 Å². The summed E-state index contributed by atoms with van der Waals surface area (Å²) < 4.78 is 0. The van der Waals surface area contributed by atoms with Crippen LogP contribution in [0.25, 0.3) is 0 Å². The number of carbonyl (C=O) groups excluding carboxylic acids is 2. The van der Waals surface area contributed by atoms with Crippen molar-refractivity contribution in [2.45, 2.75) is 32.1 Å². The van der Waals surface area contributed by atoms with Gasteiger partial charge in [0.2, 0.25) is 0 Å². The summed E-state index contributed by atoms with van der Waals surface area (Å²) in [6.45, 7) is 2.68. The van der Waals surface area contributed by atoms with Gasteiger partial charge in [0.05, 0.1) is 0 Å². The Morgan fingerprint density at radius 1 is 1.20 bits per heavy atom. The number of hydrogen-bond donors (Lipinski definition) is 0. The maximum Gasteiger partial charge on any atom is 0.132 e. The van der Waals surface area contributed by atoms with Crippen LogP contribution in [0.5, 0.6) is 0 Å². The number of Topliss-reactive ketones (excluding diaryl/α,β-unsaturated/α-hetero) is 1. The van der Waals surface area contributed by atoms with Crippen LogP contribution in [-0.4, -0.2) is 11.7 Å². The molecule has 0 saturated heterocycles. The van der Waals surface area contributed by atoms with Gasteiger partial charge in [-0.25, -0.2) is 4.79 Å². The molecule has 1 saturated carbocycles. The molecule has 0 unspecified atom stereocenters. The highest BCUT2D eigenvalue weighted by atomic mass is 16.1. The molecule has 1 rings (SSSR count). The van der Waals surface area contributed by atoms with Gasteiger partial charge in [-0.15, -0.1) is 0 Å². The SMILES string of the molecule is C=C=O.O=C1CCCCC1. The van der Waals surface area contributed by atoms with Crippen molar-refractivity contribution >= 4 is 11.7 Å². The average molecular weight is 140 g/mol. The van der Waals surface area contributed by atoms with Gasteiger partial charge in [-0.05, 0) is 19.4 Å². The molecule has 0 N–H and O–H groups in total. The molecule has 0 spiro atoms. The van der Waals surface area contributed by atoms with Crippen LogP contribution in [-0.2, 0) is 9.59 Å². The van der Waals surface area contributed by atoms with Gasteiger partial charge < -0.3 is 0 Å². The standard InChI is InChI=1S/C6H10O.C2H2O/c7-6-4-2-1-3-5-6;1-2-3/h1-5H2;1H2. The molecule has 56 valence electrons. The normalized spacial score (nSPS) is 16.6. The molecule has 0 bridgehead atoms. The van der Waals surface area contributed by atoms with Crippen molar-refractivity contribution in [2.75, 3.05) is 0 Å². The van der Waals surface area contributed by atoms with E-state index in [2.05, 4.69) is 6.58 Å². The zero-order chi connectivity index (χ0) is 7.82. The molecule has 0 aromatic carbocycles. The topological polar surface area (TPSA) is 34.1 Å². The van der Waals surface area contributed by atoms with Crippen LogP contribution in [0.1, 0.15) is 32.1 Å². The van der Waals surface area contributed by atoms with E-state index in [1.54, 1.807) is 0 Å². The van der Waals surface area contributed by atoms with E-state index in [0.29, 0.717) is 5.78 Å². The highest BCUT2D eigenvalue weighted by molar-refractivity contribution is 5.78. The van der Waals surface area contributed by atoms with E-state index in [0.717, 1.165) is 25.7 Å². The van der Waals surface area contributed by atoms with Crippen LogP contribution in [0.2, 0.25) is 0 Å². The molecule has 1 aliphatic rings. The smallest absolute Gasteiger partial charge is 0.132 e. The molecule has 0 atom stereocenters. The van der Waals surface area contributed by atoms with Crippen molar-refractivity contribution in [3.8, 4) is 0 Å². The first kappa shape index (κ1) is 9.12. The number of carbonyl (C=O) groups is 1. The van der Waals surface area contributed by atoms with Gasteiger partial charge in [-0.2, -0.15) is 0 Å². The zero-order valence-electron chi connectivity index (χ0n) is 6.06. The predicted molar refractivity (Wildman–Crippen MR) is 39.4 cm³/mol. The fourth-order valence-corrected chi connectivity index (χ4v) is 0.946. The van der Waals surface area contributed by atoms with Crippen molar-refractivity contribution in [3.63, 3.8) is 0 Å². The second-order valence-electron chi connectivity index (χ2n) is 2.24. The van der Waals surface area contributed by atoms with Gasteiger partial charge in [0.25, 0.3) is 0 Å². The first-order valence-electron chi connectivity index (χ1n) is 3.47. The lowest BCUT2D eigenvalue weighted by atomic mass is 10.00. The first-order chi connectivity index (χ1) is 4.81. The average Bonchev–Trinajstić information content (AvgIpc) is 1.91. The monoisotopic (exact) mass is 140 g/mol. The Labute approximate surface area is 60.9 Å². The van der Waals surface area contributed by atoms with Gasteiger partial charge in [-0.3, -0.25) is 4.79 Å². The third-order valence-electron chi connectivity index (χ3n) is 1.41. The van der Waals surface area contributed by atoms with E-state index in [1.807, 2.05) is 0 Å². The Bertz CT molecular complexity index is 124. The number of rotatable bonds is 0. The molecule has 0 aromatic heterocycles. The van der Waals surface area contributed by atoms with Crippen molar-refractivity contribution < 1.29 is 9.59 Å². The third-order valence-corrected chi connectivity index (χ3v) is 1.41. The molecule has 2 nitrogen and oxygen atoms in total. The van der Waals surface area contributed by atoms with Crippen molar-refractivity contribution in [1.29, 1.82) is 0 Å². The molecule has 0 radical (unpaired) electrons. The van der Waals surface area contributed by atoms with Gasteiger partial charge in [-0.1, -0.05) is 6.42 Å². The Balaban J connectivity index is 0.000000236. The Morgan fingerprint density at radius 3 is 1.80 bits per heavy atom. The summed E-state index contributed by atoms with van der Waals surface area (Å²) in [5.41, 5.74) is 0. The third kappa shape index (κ3) is 5.26. The maximum absolute atomic E-state index is 10.5. The summed E-state index contributed by atoms with van der Waals surface area (Å²) in [5, 5.41) is 0. The minimum absolute atomic E-state index is 0.464. The minimum atomic E-state index is 0.464. The lowest BCUT2D eigenvalue weighted by molar-refractivity contribution is -0.120. The van der Waals surface area contributed by atoms with Crippen LogP contribution >= 0.6 is 0 Å². The van der Waals surface area contributed by atoms with E-state index < -0.39 is 0 Å². The second kappa shape index (κ2) is 6.24. The molecule has 1 aliphatic carbocycles. The number of hydrogen-bond acceptors (Lipinski definition) is 2. The predicted octanol–water partition coefficient (Wildman–Crippen LogP) is 1.52. The summed E-state index contributed by atoms with van der Waals surface area (Å²) in [5.74, 6) is 1.71. The van der Waals surface area contributed by atoms with Gasteiger partial charge in [0, 0.05) is 12.8 Å². The summed E-state index contributed by atoms with van der Waals surface area (Å²) in [7, 11) is 0. The Hall–Kier alpha value is -0.880. The molecule has 0 heterocycles. The maximum atomic E-state index is 10.5. The molecule has 10 heavy (non-hydrogen) atoms. The summed E-state index contributed by atoms with van der Waals surface area (Å²) >= 11 is 0. The second-order valence-corrected chi connectivity index (χ2v) is 2.24. The lowest BCUT2D eigenvalue weighted by Crippen LogP contribution is -2.02. The zero-order valence-corrected chi connectivity index (χ0v) is 6.06. The molecule has 0 amide bonds. The quantitative estimate of drug-likeness (QED) is 0.478. The number of ketones is 1. The van der Waals surface area contributed by atoms with Crippen molar-refractivity contribution in [2.24, 2.45) is 0 Å². The van der Waals surface area contributed by atoms with E-state index in [9.17, 15) is 4.79 Å². The summed E-state index contributed by atoms with van der Waals surface area (Å²) in [6.07, 6.45) is 5.24. The molecule has 1 fully saturated rings. The van der Waals surface area contributed by atoms with E-state index in [-0.39, 0.29) is 0 Å². The molecule has 2 heteroatoms. The van der Waals surface area contributed by atoms with Gasteiger partial charge in [0.15, 0.2) is 0 Å².